The fourth-order valence-corrected chi connectivity index (χ4v) is 7.47. The number of nitrogens with one attached hydrogen (secondary N) is 4. The van der Waals surface area contributed by atoms with Crippen molar-refractivity contribution in [3.8, 4) is 40.1 Å². The molecule has 5 amide bonds. The first-order chi connectivity index (χ1) is 31.6. The molecule has 0 saturated heterocycles. The van der Waals surface area contributed by atoms with E-state index in [-0.39, 0.29) is 63.2 Å². The Balaban J connectivity index is 1.55. The van der Waals surface area contributed by atoms with Crippen molar-refractivity contribution in [3.63, 3.8) is 0 Å². The van der Waals surface area contributed by atoms with E-state index >= 15 is 0 Å². The topological polar surface area (TPSA) is 283 Å². The molecule has 2 heterocycles. The predicted molar refractivity (Wildman–Crippen MR) is 249 cm³/mol. The summed E-state index contributed by atoms with van der Waals surface area (Å²) in [4.78, 5) is 80.5. The summed E-state index contributed by atoms with van der Waals surface area (Å²) in [5.74, 6) is -2.16. The van der Waals surface area contributed by atoms with Gasteiger partial charge in [0.15, 0.2) is 5.82 Å². The standard InChI is InChI=1S/C48H61N11O7/c1-7-48(4,5)33-12-9-31(10-13-33)42-54-27-36(28(2)55-42)44(61)57-37(16-17-49)47(64)59(6)41-32-11-15-40(66-23-20-52)35(26-32)34-24-30(8-14-39(34)65-22-19-51)25-38(45(62)53-21-18-50)58-43(60)29(3)56-46(41)63/h8-15,24,26-27,29,37-38,41H,7,16-17,19-23,25,49,51-52H2,1-6H3,(H,53,62)(H,56,63)(H,57,61)(H,58,60)/t29-,37-,38-,41-/m0/s1. The first kappa shape index (κ1) is 50.1. The third-order valence-corrected chi connectivity index (χ3v) is 11.6. The maximum absolute atomic E-state index is 14.7. The van der Waals surface area contributed by atoms with E-state index in [1.807, 2.05) is 30.3 Å². The predicted octanol–water partition coefficient (Wildman–Crippen LogP) is 2.31. The first-order valence-electron chi connectivity index (χ1n) is 22.0. The Morgan fingerprint density at radius 1 is 0.939 bits per heavy atom. The lowest BCUT2D eigenvalue weighted by molar-refractivity contribution is -0.141. The van der Waals surface area contributed by atoms with Crippen LogP contribution in [0.3, 0.4) is 0 Å². The number of rotatable bonds is 17. The lowest BCUT2D eigenvalue weighted by atomic mass is 9.82. The highest BCUT2D eigenvalue weighted by Gasteiger charge is 2.36. The summed E-state index contributed by atoms with van der Waals surface area (Å²) >= 11 is 0. The first-order valence-corrected chi connectivity index (χ1v) is 22.0. The molecule has 0 radical (unpaired) electrons. The highest BCUT2D eigenvalue weighted by molar-refractivity contribution is 6.00. The van der Waals surface area contributed by atoms with Crippen LogP contribution in [-0.2, 0) is 31.0 Å². The van der Waals surface area contributed by atoms with Crippen LogP contribution in [0.4, 0.5) is 0 Å². The highest BCUT2D eigenvalue weighted by Crippen LogP contribution is 2.40. The van der Waals surface area contributed by atoms with E-state index in [9.17, 15) is 24.0 Å². The van der Waals surface area contributed by atoms with Gasteiger partial charge in [-0.15, -0.1) is 0 Å². The minimum absolute atomic E-state index is 0.000201. The molecule has 0 fully saturated rings. The Labute approximate surface area is 385 Å². The number of nitrogens with zero attached hydrogens (tertiary/aromatic N) is 4. The van der Waals surface area contributed by atoms with Gasteiger partial charge in [0.2, 0.25) is 23.6 Å². The van der Waals surface area contributed by atoms with Crippen molar-refractivity contribution in [3.05, 3.63) is 94.8 Å². The van der Waals surface area contributed by atoms with Crippen LogP contribution in [0.1, 0.15) is 79.3 Å². The van der Waals surface area contributed by atoms with Crippen molar-refractivity contribution in [2.24, 2.45) is 17.2 Å². The summed E-state index contributed by atoms with van der Waals surface area (Å²) in [6.45, 7) is 9.98. The minimum atomic E-state index is -1.40. The molecule has 18 nitrogen and oxygen atoms in total. The van der Waals surface area contributed by atoms with Crippen LogP contribution in [-0.4, -0.2) is 109 Å². The van der Waals surface area contributed by atoms with Gasteiger partial charge in [-0.05, 0) is 79.6 Å². The van der Waals surface area contributed by atoms with Gasteiger partial charge >= 0.3 is 0 Å². The van der Waals surface area contributed by atoms with Crippen molar-refractivity contribution in [2.45, 2.75) is 83.5 Å². The Hall–Kier alpha value is -6.94. The number of aromatic nitrogens is 2. The van der Waals surface area contributed by atoms with Crippen LogP contribution in [0.2, 0.25) is 0 Å². The van der Waals surface area contributed by atoms with Crippen LogP contribution in [0, 0.1) is 18.3 Å². The van der Waals surface area contributed by atoms with Crippen molar-refractivity contribution in [1.29, 1.82) is 5.26 Å². The number of nitrogens with two attached hydrogens (primary N) is 3. The Morgan fingerprint density at radius 3 is 2.20 bits per heavy atom. The minimum Gasteiger partial charge on any atom is -0.492 e. The van der Waals surface area contributed by atoms with E-state index in [4.69, 9.17) is 31.9 Å². The van der Waals surface area contributed by atoms with E-state index in [0.29, 0.717) is 45.3 Å². The number of ether oxygens (including phenoxy) is 2. The summed E-state index contributed by atoms with van der Waals surface area (Å²) in [5.41, 5.74) is 22.0. The summed E-state index contributed by atoms with van der Waals surface area (Å²) in [5, 5.41) is 19.9. The average Bonchev–Trinajstić information content (AvgIpc) is 3.31. The lowest BCUT2D eigenvalue weighted by Crippen LogP contribution is -2.56. The molecule has 18 heteroatoms. The van der Waals surface area contributed by atoms with Crippen LogP contribution in [0.5, 0.6) is 11.5 Å². The van der Waals surface area contributed by atoms with Gasteiger partial charge in [-0.1, -0.05) is 57.2 Å². The smallest absolute Gasteiger partial charge is 0.255 e. The van der Waals surface area contributed by atoms with Crippen molar-refractivity contribution >= 4 is 29.5 Å². The molecule has 4 aromatic rings. The lowest BCUT2D eigenvalue weighted by Gasteiger charge is -2.32. The number of hydrogen-bond acceptors (Lipinski definition) is 13. The molecule has 0 saturated carbocycles. The van der Waals surface area contributed by atoms with Crippen molar-refractivity contribution < 1.29 is 33.4 Å². The van der Waals surface area contributed by atoms with Gasteiger partial charge in [0.1, 0.15) is 55.4 Å². The number of nitriles is 1. The fourth-order valence-electron chi connectivity index (χ4n) is 7.47. The Bertz CT molecular complexity index is 2440. The second-order valence-electron chi connectivity index (χ2n) is 16.7. The third-order valence-electron chi connectivity index (χ3n) is 11.6. The maximum Gasteiger partial charge on any atom is 0.255 e. The Morgan fingerprint density at radius 2 is 1.59 bits per heavy atom. The fraction of sp³-hybridized carbons (Fsp3) is 0.417. The zero-order valence-electron chi connectivity index (χ0n) is 38.4. The number of benzene rings is 3. The highest BCUT2D eigenvalue weighted by atomic mass is 16.5. The largest absolute Gasteiger partial charge is 0.492 e. The number of carbonyl (C=O) groups is 5. The molecule has 66 heavy (non-hydrogen) atoms. The number of aryl methyl sites for hydroxylation is 1. The number of carbonyl (C=O) groups excluding carboxylic acids is 5. The zero-order valence-corrected chi connectivity index (χ0v) is 38.4. The molecule has 1 aromatic heterocycles. The second-order valence-corrected chi connectivity index (χ2v) is 16.7. The van der Waals surface area contributed by atoms with Crippen LogP contribution in [0.15, 0.2) is 66.9 Å². The van der Waals surface area contributed by atoms with Gasteiger partial charge in [0.25, 0.3) is 5.91 Å². The molecular formula is C48H61N11O7. The van der Waals surface area contributed by atoms with Crippen LogP contribution < -0.4 is 47.9 Å². The molecule has 0 spiro atoms. The normalized spacial score (nSPS) is 16.6. The van der Waals surface area contributed by atoms with E-state index in [0.717, 1.165) is 12.0 Å². The number of fused-ring (bicyclic) bond motifs is 5. The van der Waals surface area contributed by atoms with Gasteiger partial charge in [-0.3, -0.25) is 24.0 Å². The van der Waals surface area contributed by atoms with Crippen LogP contribution in [0.25, 0.3) is 22.5 Å². The van der Waals surface area contributed by atoms with E-state index in [1.165, 1.54) is 30.6 Å². The van der Waals surface area contributed by atoms with E-state index < -0.39 is 53.7 Å². The van der Waals surface area contributed by atoms with E-state index in [2.05, 4.69) is 52.0 Å². The quantitative estimate of drug-likeness (QED) is 0.0751. The summed E-state index contributed by atoms with van der Waals surface area (Å²) < 4.78 is 12.2. The SMILES string of the molecule is CCC(C)(C)c1ccc(-c2ncc(C(=O)N[C@@H](CCN)C(=O)N(C)[C@@H]3C(=O)N[C@@H](C)C(=O)N[C@H](C(=O)NCC#N)Cc4ccc(OCCN)c(c4)-c4cc3ccc4OCCN)c(C)n2)cc1. The van der Waals surface area contributed by atoms with Gasteiger partial charge in [0, 0.05) is 49.4 Å². The van der Waals surface area contributed by atoms with Gasteiger partial charge in [-0.25, -0.2) is 9.97 Å². The molecular weight excluding hydrogens is 843 g/mol. The van der Waals surface area contributed by atoms with Gasteiger partial charge in [0.05, 0.1) is 17.3 Å². The molecule has 5 rings (SSSR count). The van der Waals surface area contributed by atoms with Gasteiger partial charge < -0.3 is 52.8 Å². The summed E-state index contributed by atoms with van der Waals surface area (Å²) in [6.07, 6.45) is 2.39. The molecule has 4 bridgehead atoms. The molecule has 350 valence electrons. The summed E-state index contributed by atoms with van der Waals surface area (Å²) in [7, 11) is 1.41. The van der Waals surface area contributed by atoms with Crippen LogP contribution >= 0.6 is 0 Å². The zero-order chi connectivity index (χ0) is 48.1. The number of amides is 5. The monoisotopic (exact) mass is 903 g/mol. The molecule has 10 N–H and O–H groups in total. The van der Waals surface area contributed by atoms with Gasteiger partial charge in [-0.2, -0.15) is 5.26 Å². The number of likely N-dealkylation sites (N-methyl/N-ethyl adjacent to an activating group) is 1. The third kappa shape index (κ3) is 12.0. The molecule has 0 unspecified atom stereocenters. The summed E-state index contributed by atoms with van der Waals surface area (Å²) in [6, 6.07) is 15.0. The van der Waals surface area contributed by atoms with Crippen molar-refractivity contribution in [2.75, 3.05) is 46.4 Å². The molecule has 0 aliphatic carbocycles. The molecule has 1 aliphatic rings. The molecule has 1 aliphatic heterocycles. The molecule has 4 atom stereocenters. The molecule has 3 aromatic carbocycles. The Kier molecular flexibility index (Phi) is 17.3. The average molecular weight is 904 g/mol. The maximum atomic E-state index is 14.7. The van der Waals surface area contributed by atoms with Crippen molar-refractivity contribution in [1.82, 2.24) is 36.1 Å². The number of hydrogen-bond donors (Lipinski definition) is 7. The second kappa shape index (κ2) is 22.8. The van der Waals surface area contributed by atoms with E-state index in [1.54, 1.807) is 43.3 Å².